The van der Waals surface area contributed by atoms with Crippen LogP contribution in [0.2, 0.25) is 0 Å². The minimum Gasteiger partial charge on any atom is -0.333 e. The van der Waals surface area contributed by atoms with Crippen molar-refractivity contribution >= 4 is 11.8 Å². The van der Waals surface area contributed by atoms with Crippen LogP contribution in [0.15, 0.2) is 49.1 Å². The summed E-state index contributed by atoms with van der Waals surface area (Å²) in [6.07, 6.45) is 1.96. The molecule has 1 fully saturated rings. The van der Waals surface area contributed by atoms with Crippen LogP contribution in [-0.4, -0.2) is 50.5 Å². The van der Waals surface area contributed by atoms with Crippen LogP contribution in [0.5, 0.6) is 0 Å². The minimum atomic E-state index is -0.434. The van der Waals surface area contributed by atoms with Crippen molar-refractivity contribution in [1.29, 1.82) is 0 Å². The Morgan fingerprint density at radius 3 is 2.74 bits per heavy atom. The normalized spacial score (nSPS) is 21.8. The van der Waals surface area contributed by atoms with Crippen LogP contribution in [0, 0.1) is 6.92 Å². The standard InChI is InChI=1S/C21H24N4O2/c1-3-20(26)24-13-17(16-7-5-4-6-8-16)12-19(24)21(27)23-9-10-25-18(14-23)11-15(2)22-25/h3-8,11,17,19H,1,9-10,12-14H2,2H3/t17-,19+/m1/s1. The summed E-state index contributed by atoms with van der Waals surface area (Å²) in [5, 5.41) is 4.45. The first-order chi connectivity index (χ1) is 13.1. The number of rotatable bonds is 3. The molecule has 2 aromatic rings. The maximum absolute atomic E-state index is 13.3. The number of amides is 2. The maximum atomic E-state index is 13.3. The van der Waals surface area contributed by atoms with Crippen molar-refractivity contribution in [1.82, 2.24) is 19.6 Å². The molecule has 1 saturated heterocycles. The van der Waals surface area contributed by atoms with E-state index in [4.69, 9.17) is 0 Å². The lowest BCUT2D eigenvalue weighted by Gasteiger charge is -2.32. The zero-order chi connectivity index (χ0) is 19.0. The summed E-state index contributed by atoms with van der Waals surface area (Å²) in [5.74, 6) is 0.0139. The molecule has 3 heterocycles. The number of carbonyl (C=O) groups excluding carboxylic acids is 2. The van der Waals surface area contributed by atoms with Crippen molar-refractivity contribution in [3.63, 3.8) is 0 Å². The van der Waals surface area contributed by atoms with Crippen LogP contribution in [-0.2, 0) is 22.7 Å². The van der Waals surface area contributed by atoms with E-state index in [2.05, 4.69) is 23.8 Å². The third kappa shape index (κ3) is 3.27. The molecule has 0 N–H and O–H groups in total. The van der Waals surface area contributed by atoms with Crippen molar-refractivity contribution in [2.45, 2.75) is 38.4 Å². The molecule has 0 saturated carbocycles. The average molecular weight is 364 g/mol. The molecule has 0 unspecified atom stereocenters. The second-order valence-corrected chi connectivity index (χ2v) is 7.31. The number of fused-ring (bicyclic) bond motifs is 1. The van der Waals surface area contributed by atoms with Crippen LogP contribution < -0.4 is 0 Å². The van der Waals surface area contributed by atoms with Gasteiger partial charge in [-0.3, -0.25) is 14.3 Å². The molecule has 27 heavy (non-hydrogen) atoms. The van der Waals surface area contributed by atoms with Crippen molar-refractivity contribution < 1.29 is 9.59 Å². The van der Waals surface area contributed by atoms with E-state index < -0.39 is 6.04 Å². The smallest absolute Gasteiger partial charge is 0.246 e. The van der Waals surface area contributed by atoms with E-state index in [1.165, 1.54) is 11.6 Å². The monoisotopic (exact) mass is 364 g/mol. The Kier molecular flexibility index (Phi) is 4.56. The lowest BCUT2D eigenvalue weighted by atomic mass is 9.96. The summed E-state index contributed by atoms with van der Waals surface area (Å²) >= 11 is 0. The van der Waals surface area contributed by atoms with Crippen LogP contribution in [0.1, 0.15) is 29.3 Å². The molecular formula is C21H24N4O2. The van der Waals surface area contributed by atoms with Gasteiger partial charge in [0.25, 0.3) is 0 Å². The summed E-state index contributed by atoms with van der Waals surface area (Å²) in [4.78, 5) is 29.2. The molecule has 140 valence electrons. The summed E-state index contributed by atoms with van der Waals surface area (Å²) in [7, 11) is 0. The van der Waals surface area contributed by atoms with Gasteiger partial charge in [0, 0.05) is 19.0 Å². The van der Waals surface area contributed by atoms with Crippen LogP contribution >= 0.6 is 0 Å². The van der Waals surface area contributed by atoms with Gasteiger partial charge in [-0.25, -0.2) is 0 Å². The quantitative estimate of drug-likeness (QED) is 0.784. The van der Waals surface area contributed by atoms with Gasteiger partial charge in [-0.15, -0.1) is 0 Å². The lowest BCUT2D eigenvalue weighted by Crippen LogP contribution is -2.49. The molecule has 6 nitrogen and oxygen atoms in total. The fourth-order valence-electron chi connectivity index (χ4n) is 4.21. The van der Waals surface area contributed by atoms with Gasteiger partial charge in [0.05, 0.1) is 24.5 Å². The van der Waals surface area contributed by atoms with Crippen LogP contribution in [0.4, 0.5) is 0 Å². The first-order valence-electron chi connectivity index (χ1n) is 9.37. The van der Waals surface area contributed by atoms with E-state index in [9.17, 15) is 9.59 Å². The van der Waals surface area contributed by atoms with E-state index in [0.29, 0.717) is 32.6 Å². The number of hydrogen-bond donors (Lipinski definition) is 0. The van der Waals surface area contributed by atoms with E-state index in [-0.39, 0.29) is 17.7 Å². The second kappa shape index (κ2) is 7.02. The van der Waals surface area contributed by atoms with Crippen molar-refractivity contribution in [3.05, 3.63) is 66.0 Å². The van der Waals surface area contributed by atoms with Crippen LogP contribution in [0.25, 0.3) is 0 Å². The molecule has 2 aliphatic rings. The summed E-state index contributed by atoms with van der Waals surface area (Å²) in [6, 6.07) is 11.7. The molecular weight excluding hydrogens is 340 g/mol. The van der Waals surface area contributed by atoms with Gasteiger partial charge in [-0.05, 0) is 31.1 Å². The van der Waals surface area contributed by atoms with Gasteiger partial charge in [0.15, 0.2) is 0 Å². The molecule has 6 heteroatoms. The molecule has 0 bridgehead atoms. The Morgan fingerprint density at radius 2 is 2.00 bits per heavy atom. The summed E-state index contributed by atoms with van der Waals surface area (Å²) in [6.45, 7) is 7.99. The maximum Gasteiger partial charge on any atom is 0.246 e. The number of likely N-dealkylation sites (tertiary alicyclic amines) is 1. The molecule has 1 aromatic heterocycles. The molecule has 2 atom stereocenters. The fourth-order valence-corrected chi connectivity index (χ4v) is 4.21. The molecule has 4 rings (SSSR count). The van der Waals surface area contributed by atoms with Crippen molar-refractivity contribution in [3.8, 4) is 0 Å². The molecule has 2 aliphatic heterocycles. The highest BCUT2D eigenvalue weighted by Gasteiger charge is 2.41. The number of aryl methyl sites for hydroxylation is 1. The zero-order valence-corrected chi connectivity index (χ0v) is 15.5. The van der Waals surface area contributed by atoms with Crippen molar-refractivity contribution in [2.24, 2.45) is 0 Å². The van der Waals surface area contributed by atoms with Crippen LogP contribution in [0.3, 0.4) is 0 Å². The molecule has 0 aliphatic carbocycles. The summed E-state index contributed by atoms with van der Waals surface area (Å²) < 4.78 is 1.97. The molecule has 1 aromatic carbocycles. The SMILES string of the molecule is C=CC(=O)N1C[C@H](c2ccccc2)C[C@H]1C(=O)N1CCn2nc(C)cc2C1. The third-order valence-corrected chi connectivity index (χ3v) is 5.55. The lowest BCUT2D eigenvalue weighted by molar-refractivity contribution is -0.142. The molecule has 2 amide bonds. The Labute approximate surface area is 159 Å². The Balaban J connectivity index is 1.55. The van der Waals surface area contributed by atoms with Gasteiger partial charge in [0.1, 0.15) is 6.04 Å². The number of carbonyl (C=O) groups is 2. The van der Waals surface area contributed by atoms with Gasteiger partial charge < -0.3 is 9.80 Å². The Bertz CT molecular complexity index is 874. The van der Waals surface area contributed by atoms with Gasteiger partial charge >= 0.3 is 0 Å². The third-order valence-electron chi connectivity index (χ3n) is 5.55. The Morgan fingerprint density at radius 1 is 1.22 bits per heavy atom. The fraction of sp³-hybridized carbons (Fsp3) is 0.381. The van der Waals surface area contributed by atoms with E-state index in [0.717, 1.165) is 11.4 Å². The zero-order valence-electron chi connectivity index (χ0n) is 15.5. The minimum absolute atomic E-state index is 0.0220. The predicted octanol–water partition coefficient (Wildman–Crippen LogP) is 2.10. The van der Waals surface area contributed by atoms with E-state index >= 15 is 0 Å². The van der Waals surface area contributed by atoms with Crippen molar-refractivity contribution in [2.75, 3.05) is 13.1 Å². The largest absolute Gasteiger partial charge is 0.333 e. The van der Waals surface area contributed by atoms with E-state index in [1.54, 1.807) is 4.90 Å². The molecule has 0 spiro atoms. The predicted molar refractivity (Wildman–Crippen MR) is 102 cm³/mol. The highest BCUT2D eigenvalue weighted by molar-refractivity contribution is 5.93. The number of nitrogens with zero attached hydrogens (tertiary/aromatic N) is 4. The number of benzene rings is 1. The first kappa shape index (κ1) is 17.5. The summed E-state index contributed by atoms with van der Waals surface area (Å²) in [5.41, 5.74) is 3.18. The average Bonchev–Trinajstić information content (AvgIpc) is 3.29. The Hall–Kier alpha value is -2.89. The number of aromatic nitrogens is 2. The van der Waals surface area contributed by atoms with Gasteiger partial charge in [-0.1, -0.05) is 36.9 Å². The highest BCUT2D eigenvalue weighted by atomic mass is 16.2. The second-order valence-electron chi connectivity index (χ2n) is 7.31. The van der Waals surface area contributed by atoms with Gasteiger partial charge in [-0.2, -0.15) is 5.10 Å². The van der Waals surface area contributed by atoms with Gasteiger partial charge in [0.2, 0.25) is 11.8 Å². The number of hydrogen-bond acceptors (Lipinski definition) is 3. The highest BCUT2D eigenvalue weighted by Crippen LogP contribution is 2.33. The first-order valence-corrected chi connectivity index (χ1v) is 9.37. The van der Waals surface area contributed by atoms with E-state index in [1.807, 2.05) is 40.8 Å². The molecule has 0 radical (unpaired) electrons. The topological polar surface area (TPSA) is 58.4 Å².